The third-order valence-corrected chi connectivity index (χ3v) is 5.98. The van der Waals surface area contributed by atoms with Crippen molar-refractivity contribution >= 4 is 11.9 Å². The van der Waals surface area contributed by atoms with Crippen LogP contribution in [0.3, 0.4) is 0 Å². The maximum Gasteiger partial charge on any atom is 0.327 e. The van der Waals surface area contributed by atoms with Crippen LogP contribution in [0.15, 0.2) is 0 Å². The third kappa shape index (κ3) is 1.73. The van der Waals surface area contributed by atoms with E-state index in [4.69, 9.17) is 0 Å². The molecule has 3 atom stereocenters. The van der Waals surface area contributed by atoms with E-state index in [9.17, 15) is 9.59 Å². The fourth-order valence-corrected chi connectivity index (χ4v) is 5.01. The molecule has 0 radical (unpaired) electrons. The number of nitrogens with zero attached hydrogens (tertiary/aromatic N) is 2. The van der Waals surface area contributed by atoms with Gasteiger partial charge in [-0.15, -0.1) is 0 Å². The smallest absolute Gasteiger partial charge is 0.309 e. The van der Waals surface area contributed by atoms with Crippen LogP contribution in [0.4, 0.5) is 4.79 Å². The summed E-state index contributed by atoms with van der Waals surface area (Å²) in [4.78, 5) is 29.1. The summed E-state index contributed by atoms with van der Waals surface area (Å²) in [5.74, 6) is 0.714. The molecule has 2 saturated heterocycles. The SMILES string of the molecule is O=C1C2CC3CCCCC3N2C(=O)N1C1CCCCC1. The topological polar surface area (TPSA) is 40.6 Å². The molecule has 3 unspecified atom stereocenters. The number of fused-ring (bicyclic) bond motifs is 3. The molecule has 110 valence electrons. The molecule has 3 amide bonds. The van der Waals surface area contributed by atoms with Gasteiger partial charge in [-0.25, -0.2) is 4.79 Å². The van der Waals surface area contributed by atoms with Crippen LogP contribution in [0.1, 0.15) is 64.2 Å². The van der Waals surface area contributed by atoms with Gasteiger partial charge in [0.2, 0.25) is 0 Å². The summed E-state index contributed by atoms with van der Waals surface area (Å²) in [6, 6.07) is 0.481. The predicted molar refractivity (Wildman–Crippen MR) is 75.1 cm³/mol. The van der Waals surface area contributed by atoms with Crippen molar-refractivity contribution in [3.05, 3.63) is 0 Å². The Hall–Kier alpha value is -1.06. The molecule has 20 heavy (non-hydrogen) atoms. The van der Waals surface area contributed by atoms with E-state index in [0.717, 1.165) is 25.7 Å². The van der Waals surface area contributed by atoms with E-state index in [1.165, 1.54) is 38.5 Å². The van der Waals surface area contributed by atoms with Gasteiger partial charge in [0.25, 0.3) is 5.91 Å². The molecule has 2 heterocycles. The molecule has 4 heteroatoms. The average Bonchev–Trinajstić information content (AvgIpc) is 2.97. The first-order chi connectivity index (χ1) is 9.77. The van der Waals surface area contributed by atoms with Crippen LogP contribution < -0.4 is 0 Å². The molecular weight excluding hydrogens is 252 g/mol. The van der Waals surface area contributed by atoms with Crippen molar-refractivity contribution < 1.29 is 9.59 Å². The zero-order chi connectivity index (χ0) is 13.7. The predicted octanol–water partition coefficient (Wildman–Crippen LogP) is 2.91. The second-order valence-electron chi connectivity index (χ2n) is 7.05. The van der Waals surface area contributed by atoms with Crippen LogP contribution in [-0.2, 0) is 4.79 Å². The highest BCUT2D eigenvalue weighted by Gasteiger charge is 2.56. The lowest BCUT2D eigenvalue weighted by molar-refractivity contribution is -0.130. The minimum atomic E-state index is -0.113. The largest absolute Gasteiger partial charge is 0.327 e. The molecule has 2 aliphatic heterocycles. The fourth-order valence-electron chi connectivity index (χ4n) is 5.01. The highest BCUT2D eigenvalue weighted by atomic mass is 16.2. The normalized spacial score (nSPS) is 38.3. The molecule has 0 aromatic carbocycles. The fraction of sp³-hybridized carbons (Fsp3) is 0.875. The number of carbonyl (C=O) groups excluding carboxylic acids is 2. The Morgan fingerprint density at radius 2 is 1.55 bits per heavy atom. The highest BCUT2D eigenvalue weighted by Crippen LogP contribution is 2.44. The first kappa shape index (κ1) is 12.7. The van der Waals surface area contributed by atoms with Gasteiger partial charge < -0.3 is 4.90 Å². The van der Waals surface area contributed by atoms with E-state index < -0.39 is 0 Å². The van der Waals surface area contributed by atoms with Crippen molar-refractivity contribution in [2.24, 2.45) is 5.92 Å². The van der Waals surface area contributed by atoms with Crippen molar-refractivity contribution in [2.45, 2.75) is 82.3 Å². The zero-order valence-electron chi connectivity index (χ0n) is 12.1. The first-order valence-electron chi connectivity index (χ1n) is 8.43. The molecule has 4 rings (SSSR count). The molecule has 0 N–H and O–H groups in total. The van der Waals surface area contributed by atoms with Gasteiger partial charge in [-0.05, 0) is 38.0 Å². The summed E-state index contributed by atoms with van der Waals surface area (Å²) >= 11 is 0. The van der Waals surface area contributed by atoms with Crippen molar-refractivity contribution in [1.29, 1.82) is 0 Å². The number of hydrogen-bond acceptors (Lipinski definition) is 2. The second-order valence-corrected chi connectivity index (χ2v) is 7.05. The summed E-state index contributed by atoms with van der Waals surface area (Å²) in [6.07, 6.45) is 11.4. The molecule has 0 aromatic heterocycles. The van der Waals surface area contributed by atoms with E-state index >= 15 is 0 Å². The molecule has 4 nitrogen and oxygen atoms in total. The molecule has 0 spiro atoms. The summed E-state index contributed by atoms with van der Waals surface area (Å²) in [5, 5.41) is 0. The van der Waals surface area contributed by atoms with E-state index in [-0.39, 0.29) is 24.0 Å². The van der Waals surface area contributed by atoms with Gasteiger partial charge in [0, 0.05) is 12.1 Å². The minimum absolute atomic E-state index is 0.0429. The Kier molecular flexibility index (Phi) is 3.00. The molecular formula is C16H24N2O2. The van der Waals surface area contributed by atoms with E-state index in [0.29, 0.717) is 12.0 Å². The van der Waals surface area contributed by atoms with Gasteiger partial charge in [-0.2, -0.15) is 0 Å². The lowest BCUT2D eigenvalue weighted by atomic mass is 9.84. The molecule has 4 aliphatic rings. The van der Waals surface area contributed by atoms with Crippen molar-refractivity contribution in [3.8, 4) is 0 Å². The van der Waals surface area contributed by atoms with Crippen molar-refractivity contribution in [1.82, 2.24) is 9.80 Å². The number of carbonyl (C=O) groups is 2. The van der Waals surface area contributed by atoms with Gasteiger partial charge in [0.05, 0.1) is 0 Å². The van der Waals surface area contributed by atoms with E-state index in [2.05, 4.69) is 0 Å². The number of imide groups is 1. The maximum atomic E-state index is 12.8. The Labute approximate surface area is 120 Å². The number of amides is 3. The summed E-state index contributed by atoms with van der Waals surface area (Å²) in [6.45, 7) is 0. The van der Waals surface area contributed by atoms with Gasteiger partial charge >= 0.3 is 6.03 Å². The van der Waals surface area contributed by atoms with E-state index in [1.807, 2.05) is 4.90 Å². The van der Waals surface area contributed by atoms with Gasteiger partial charge in [0.1, 0.15) is 6.04 Å². The Balaban J connectivity index is 1.57. The molecule has 4 fully saturated rings. The monoisotopic (exact) mass is 276 g/mol. The van der Waals surface area contributed by atoms with Crippen LogP contribution >= 0.6 is 0 Å². The summed E-state index contributed by atoms with van der Waals surface area (Å²) < 4.78 is 0. The van der Waals surface area contributed by atoms with Crippen molar-refractivity contribution in [2.75, 3.05) is 0 Å². The zero-order valence-corrected chi connectivity index (χ0v) is 12.1. The molecule has 2 aliphatic carbocycles. The summed E-state index contributed by atoms with van der Waals surface area (Å²) in [7, 11) is 0. The van der Waals surface area contributed by atoms with Gasteiger partial charge in [-0.3, -0.25) is 9.69 Å². The Morgan fingerprint density at radius 1 is 0.850 bits per heavy atom. The van der Waals surface area contributed by atoms with Crippen LogP contribution in [-0.4, -0.2) is 39.9 Å². The maximum absolute atomic E-state index is 12.8. The van der Waals surface area contributed by atoms with Crippen LogP contribution in [0.25, 0.3) is 0 Å². The Bertz CT molecular complexity index is 430. The third-order valence-electron chi connectivity index (χ3n) is 5.98. The minimum Gasteiger partial charge on any atom is -0.309 e. The van der Waals surface area contributed by atoms with E-state index in [1.54, 1.807) is 4.90 Å². The Morgan fingerprint density at radius 3 is 2.35 bits per heavy atom. The summed E-state index contributed by atoms with van der Waals surface area (Å²) in [5.41, 5.74) is 0. The molecule has 2 saturated carbocycles. The average molecular weight is 276 g/mol. The lowest BCUT2D eigenvalue weighted by Crippen LogP contribution is -2.45. The van der Waals surface area contributed by atoms with Crippen LogP contribution in [0.2, 0.25) is 0 Å². The van der Waals surface area contributed by atoms with Crippen LogP contribution in [0, 0.1) is 5.92 Å². The first-order valence-corrected chi connectivity index (χ1v) is 8.43. The quantitative estimate of drug-likeness (QED) is 0.691. The second kappa shape index (κ2) is 4.74. The molecule has 0 aromatic rings. The number of rotatable bonds is 1. The lowest BCUT2D eigenvalue weighted by Gasteiger charge is -2.33. The highest BCUT2D eigenvalue weighted by molar-refractivity contribution is 6.05. The number of hydrogen-bond donors (Lipinski definition) is 0. The van der Waals surface area contributed by atoms with Crippen LogP contribution in [0.5, 0.6) is 0 Å². The standard InChI is InChI=1S/C16H24N2O2/c19-15-14-10-11-6-4-5-9-13(11)18(14)16(20)17(15)12-7-2-1-3-8-12/h11-14H,1-10H2. The van der Waals surface area contributed by atoms with Gasteiger partial charge in [0.15, 0.2) is 0 Å². The molecule has 0 bridgehead atoms. The van der Waals surface area contributed by atoms with Gasteiger partial charge in [-0.1, -0.05) is 32.1 Å². The van der Waals surface area contributed by atoms with Crippen molar-refractivity contribution in [3.63, 3.8) is 0 Å². The number of urea groups is 1.